The van der Waals surface area contributed by atoms with E-state index in [9.17, 15) is 9.59 Å². The highest BCUT2D eigenvalue weighted by atomic mass is 16.5. The Balaban J connectivity index is 2.65. The van der Waals surface area contributed by atoms with E-state index in [2.05, 4.69) is 5.32 Å². The standard InChI is InChI=1S/C16H23NO5/c1-11(2)22-14-10-12(21-3)7-8-13(14)16(20)17-9-5-4-6-15(18)19/h7-8,10-11H,4-6,9H2,1-3H3,(H,17,20)(H,18,19). The summed E-state index contributed by atoms with van der Waals surface area (Å²) in [6.07, 6.45) is 1.21. The molecule has 0 bridgehead atoms. The van der Waals surface area contributed by atoms with Crippen LogP contribution in [0.3, 0.4) is 0 Å². The average molecular weight is 309 g/mol. The van der Waals surface area contributed by atoms with Gasteiger partial charge in [-0.1, -0.05) is 0 Å². The molecule has 0 aliphatic carbocycles. The van der Waals surface area contributed by atoms with Gasteiger partial charge < -0.3 is 19.9 Å². The molecular formula is C16H23NO5. The SMILES string of the molecule is COc1ccc(C(=O)NCCCCC(=O)O)c(OC(C)C)c1. The zero-order valence-electron chi connectivity index (χ0n) is 13.2. The molecule has 0 spiro atoms. The first-order valence-corrected chi connectivity index (χ1v) is 7.28. The van der Waals surface area contributed by atoms with Crippen molar-refractivity contribution in [2.75, 3.05) is 13.7 Å². The Hall–Kier alpha value is -2.24. The van der Waals surface area contributed by atoms with Gasteiger partial charge in [-0.25, -0.2) is 0 Å². The van der Waals surface area contributed by atoms with Crippen LogP contribution in [-0.2, 0) is 4.79 Å². The van der Waals surface area contributed by atoms with Gasteiger partial charge in [0, 0.05) is 19.0 Å². The van der Waals surface area contributed by atoms with E-state index in [1.54, 1.807) is 25.3 Å². The summed E-state index contributed by atoms with van der Waals surface area (Å²) in [6.45, 7) is 4.19. The molecule has 0 heterocycles. The van der Waals surface area contributed by atoms with Gasteiger partial charge >= 0.3 is 5.97 Å². The van der Waals surface area contributed by atoms with Gasteiger partial charge in [0.25, 0.3) is 5.91 Å². The molecule has 6 heteroatoms. The zero-order chi connectivity index (χ0) is 16.5. The lowest BCUT2D eigenvalue weighted by molar-refractivity contribution is -0.137. The minimum Gasteiger partial charge on any atom is -0.497 e. The Morgan fingerprint density at radius 2 is 2.00 bits per heavy atom. The number of carboxylic acid groups (broad SMARTS) is 1. The molecule has 0 saturated carbocycles. The summed E-state index contributed by atoms with van der Waals surface area (Å²) in [5, 5.41) is 11.3. The van der Waals surface area contributed by atoms with E-state index < -0.39 is 5.97 Å². The highest BCUT2D eigenvalue weighted by Crippen LogP contribution is 2.25. The molecule has 0 radical (unpaired) electrons. The second kappa shape index (κ2) is 8.92. The lowest BCUT2D eigenvalue weighted by atomic mass is 10.1. The molecule has 1 aromatic rings. The number of carboxylic acids is 1. The first-order valence-electron chi connectivity index (χ1n) is 7.28. The smallest absolute Gasteiger partial charge is 0.303 e. The van der Waals surface area contributed by atoms with E-state index in [0.29, 0.717) is 36.4 Å². The number of ether oxygens (including phenoxy) is 2. The summed E-state index contributed by atoms with van der Waals surface area (Å²) < 4.78 is 10.8. The predicted molar refractivity (Wildman–Crippen MR) is 82.6 cm³/mol. The third kappa shape index (κ3) is 6.03. The fourth-order valence-corrected chi connectivity index (χ4v) is 1.87. The first kappa shape index (κ1) is 17.8. The Labute approximate surface area is 130 Å². The van der Waals surface area contributed by atoms with E-state index in [4.69, 9.17) is 14.6 Å². The van der Waals surface area contributed by atoms with Crippen LogP contribution in [0.1, 0.15) is 43.5 Å². The van der Waals surface area contributed by atoms with Gasteiger partial charge in [0.1, 0.15) is 11.5 Å². The third-order valence-electron chi connectivity index (χ3n) is 2.90. The maximum Gasteiger partial charge on any atom is 0.303 e. The molecule has 0 unspecified atom stereocenters. The molecule has 2 N–H and O–H groups in total. The van der Waals surface area contributed by atoms with Crippen molar-refractivity contribution < 1.29 is 24.2 Å². The summed E-state index contributed by atoms with van der Waals surface area (Å²) in [6, 6.07) is 5.04. The van der Waals surface area contributed by atoms with Crippen LogP contribution < -0.4 is 14.8 Å². The van der Waals surface area contributed by atoms with Gasteiger partial charge in [0.05, 0.1) is 18.8 Å². The van der Waals surface area contributed by atoms with Crippen LogP contribution in [0.5, 0.6) is 11.5 Å². The van der Waals surface area contributed by atoms with Crippen LogP contribution in [0.25, 0.3) is 0 Å². The fourth-order valence-electron chi connectivity index (χ4n) is 1.87. The lowest BCUT2D eigenvalue weighted by Crippen LogP contribution is -2.25. The van der Waals surface area contributed by atoms with Crippen LogP contribution in [0.4, 0.5) is 0 Å². The van der Waals surface area contributed by atoms with Gasteiger partial charge in [0.15, 0.2) is 0 Å². The van der Waals surface area contributed by atoms with E-state index in [-0.39, 0.29) is 18.4 Å². The number of aliphatic carboxylic acids is 1. The van der Waals surface area contributed by atoms with Crippen molar-refractivity contribution in [3.8, 4) is 11.5 Å². The molecule has 1 rings (SSSR count). The summed E-state index contributed by atoms with van der Waals surface area (Å²) in [4.78, 5) is 22.6. The minimum absolute atomic E-state index is 0.0609. The van der Waals surface area contributed by atoms with Gasteiger partial charge in [0.2, 0.25) is 0 Å². The molecule has 0 atom stereocenters. The van der Waals surface area contributed by atoms with Crippen LogP contribution >= 0.6 is 0 Å². The molecule has 122 valence electrons. The largest absolute Gasteiger partial charge is 0.497 e. The molecule has 0 aliphatic heterocycles. The minimum atomic E-state index is -0.825. The van der Waals surface area contributed by atoms with E-state index in [0.717, 1.165) is 0 Å². The monoisotopic (exact) mass is 309 g/mol. The number of rotatable bonds is 9. The van der Waals surface area contributed by atoms with Crippen molar-refractivity contribution in [2.24, 2.45) is 0 Å². The van der Waals surface area contributed by atoms with E-state index >= 15 is 0 Å². The lowest BCUT2D eigenvalue weighted by Gasteiger charge is -2.15. The highest BCUT2D eigenvalue weighted by molar-refractivity contribution is 5.97. The molecule has 22 heavy (non-hydrogen) atoms. The molecular weight excluding hydrogens is 286 g/mol. The number of amides is 1. The number of hydrogen-bond donors (Lipinski definition) is 2. The topological polar surface area (TPSA) is 84.9 Å². The molecule has 1 amide bonds. The number of carbonyl (C=O) groups is 2. The Morgan fingerprint density at radius 3 is 2.59 bits per heavy atom. The summed E-state index contributed by atoms with van der Waals surface area (Å²) in [7, 11) is 1.55. The van der Waals surface area contributed by atoms with Crippen molar-refractivity contribution in [3.05, 3.63) is 23.8 Å². The fraction of sp³-hybridized carbons (Fsp3) is 0.500. The molecule has 0 saturated heterocycles. The molecule has 0 fully saturated rings. The molecule has 1 aromatic carbocycles. The maximum atomic E-state index is 12.2. The number of hydrogen-bond acceptors (Lipinski definition) is 4. The maximum absolute atomic E-state index is 12.2. The zero-order valence-corrected chi connectivity index (χ0v) is 13.2. The van der Waals surface area contributed by atoms with Gasteiger partial charge in [-0.3, -0.25) is 9.59 Å². The first-order chi connectivity index (χ1) is 10.4. The quantitative estimate of drug-likeness (QED) is 0.684. The van der Waals surface area contributed by atoms with E-state index in [1.807, 2.05) is 13.8 Å². The van der Waals surface area contributed by atoms with Gasteiger partial charge in [-0.2, -0.15) is 0 Å². The van der Waals surface area contributed by atoms with Crippen LogP contribution in [0, 0.1) is 0 Å². The second-order valence-electron chi connectivity index (χ2n) is 5.14. The van der Waals surface area contributed by atoms with Crippen molar-refractivity contribution in [1.82, 2.24) is 5.32 Å². The van der Waals surface area contributed by atoms with Crippen molar-refractivity contribution in [3.63, 3.8) is 0 Å². The summed E-state index contributed by atoms with van der Waals surface area (Å²) in [5.74, 6) is 0.0220. The number of unbranched alkanes of at least 4 members (excludes halogenated alkanes) is 1. The predicted octanol–water partition coefficient (Wildman–Crippen LogP) is 2.47. The van der Waals surface area contributed by atoms with Crippen LogP contribution in [-0.4, -0.2) is 36.7 Å². The number of nitrogens with one attached hydrogen (secondary N) is 1. The molecule has 0 aliphatic rings. The van der Waals surface area contributed by atoms with E-state index in [1.165, 1.54) is 0 Å². The summed E-state index contributed by atoms with van der Waals surface area (Å²) >= 11 is 0. The average Bonchev–Trinajstić information content (AvgIpc) is 2.45. The normalized spacial score (nSPS) is 10.4. The van der Waals surface area contributed by atoms with Crippen molar-refractivity contribution >= 4 is 11.9 Å². The Morgan fingerprint density at radius 1 is 1.27 bits per heavy atom. The number of carbonyl (C=O) groups excluding carboxylic acids is 1. The number of benzene rings is 1. The van der Waals surface area contributed by atoms with Crippen molar-refractivity contribution in [2.45, 2.75) is 39.2 Å². The second-order valence-corrected chi connectivity index (χ2v) is 5.14. The Kier molecular flexibility index (Phi) is 7.22. The van der Waals surface area contributed by atoms with Crippen LogP contribution in [0.2, 0.25) is 0 Å². The summed E-state index contributed by atoms with van der Waals surface area (Å²) in [5.41, 5.74) is 0.438. The third-order valence-corrected chi connectivity index (χ3v) is 2.90. The molecule has 0 aromatic heterocycles. The van der Waals surface area contributed by atoms with Crippen LogP contribution in [0.15, 0.2) is 18.2 Å². The van der Waals surface area contributed by atoms with Crippen molar-refractivity contribution in [1.29, 1.82) is 0 Å². The molecule has 6 nitrogen and oxygen atoms in total. The Bertz CT molecular complexity index is 513. The number of methoxy groups -OCH3 is 1. The van der Waals surface area contributed by atoms with Gasteiger partial charge in [-0.05, 0) is 38.8 Å². The highest BCUT2D eigenvalue weighted by Gasteiger charge is 2.14. The van der Waals surface area contributed by atoms with Gasteiger partial charge in [-0.15, -0.1) is 0 Å².